The van der Waals surface area contributed by atoms with Crippen molar-refractivity contribution in [3.63, 3.8) is 0 Å². The van der Waals surface area contributed by atoms with Gasteiger partial charge in [-0.25, -0.2) is 0 Å². The molecule has 10 rings (SSSR count). The van der Waals surface area contributed by atoms with Gasteiger partial charge in [0.15, 0.2) is 0 Å². The van der Waals surface area contributed by atoms with Crippen LogP contribution in [0.25, 0.3) is 98.8 Å². The second-order valence-corrected chi connectivity index (χ2v) is 11.8. The predicted molar refractivity (Wildman–Crippen MR) is 208 cm³/mol. The highest BCUT2D eigenvalue weighted by atomic mass is 16.3. The van der Waals surface area contributed by atoms with Crippen molar-refractivity contribution in [1.29, 1.82) is 0 Å². The van der Waals surface area contributed by atoms with Crippen molar-refractivity contribution in [2.24, 2.45) is 0 Å². The summed E-state index contributed by atoms with van der Waals surface area (Å²) in [5.74, 6) is 0. The summed E-state index contributed by atoms with van der Waals surface area (Å²) in [6.07, 6.45) is 0. The third-order valence-electron chi connectivity index (χ3n) is 9.00. The minimum Gasteiger partial charge on any atom is -0.456 e. The maximum atomic E-state index is 9.84. The average molecular weight is 635 g/mol. The van der Waals surface area contributed by atoms with Crippen molar-refractivity contribution >= 4 is 54.3 Å². The average Bonchev–Trinajstić information content (AvgIpc) is 3.68. The Kier molecular flexibility index (Phi) is 4.11. The molecule has 0 fully saturated rings. The quantitative estimate of drug-likeness (QED) is 0.176. The van der Waals surface area contributed by atoms with Crippen molar-refractivity contribution in [3.8, 4) is 44.5 Å². The third-order valence-corrected chi connectivity index (χ3v) is 9.00. The molecule has 1 heteroatoms. The van der Waals surface area contributed by atoms with Gasteiger partial charge in [0.25, 0.3) is 0 Å². The third kappa shape index (κ3) is 4.47. The minimum atomic E-state index is -0.576. The van der Waals surface area contributed by atoms with E-state index in [-0.39, 0.29) is 74.0 Å². The zero-order valence-corrected chi connectivity index (χ0v) is 25.8. The first-order chi connectivity index (χ1) is 29.3. The summed E-state index contributed by atoms with van der Waals surface area (Å²) in [6, 6.07) is 28.9. The molecule has 0 aliphatic rings. The van der Waals surface area contributed by atoms with Gasteiger partial charge in [-0.3, -0.25) is 0 Å². The van der Waals surface area contributed by atoms with Crippen molar-refractivity contribution in [2.45, 2.75) is 0 Å². The lowest BCUT2D eigenvalue weighted by atomic mass is 9.83. The maximum absolute atomic E-state index is 9.84. The van der Waals surface area contributed by atoms with E-state index in [1.54, 1.807) is 0 Å². The van der Waals surface area contributed by atoms with Gasteiger partial charge in [-0.05, 0) is 113 Å². The number of fused-ring (bicyclic) bond motifs is 6. The van der Waals surface area contributed by atoms with Gasteiger partial charge >= 0.3 is 0 Å². The Bertz CT molecular complexity index is 3420. The van der Waals surface area contributed by atoms with Gasteiger partial charge < -0.3 is 4.42 Å². The van der Waals surface area contributed by atoms with E-state index in [1.807, 2.05) is 109 Å². The highest BCUT2D eigenvalue weighted by molar-refractivity contribution is 6.26. The number of furan rings is 1. The van der Waals surface area contributed by atoms with E-state index in [2.05, 4.69) is 0 Å². The van der Waals surface area contributed by atoms with E-state index in [9.17, 15) is 8.22 Å². The van der Waals surface area contributed by atoms with Crippen LogP contribution < -0.4 is 0 Å². The van der Waals surface area contributed by atoms with Crippen molar-refractivity contribution in [2.75, 3.05) is 0 Å². The molecule has 228 valence electrons. The molecule has 1 heterocycles. The zero-order chi connectivity index (χ0) is 42.8. The molecule has 0 bridgehead atoms. The van der Waals surface area contributed by atoms with Crippen LogP contribution in [0.5, 0.6) is 0 Å². The van der Waals surface area contributed by atoms with Gasteiger partial charge in [-0.2, -0.15) is 0 Å². The van der Waals surface area contributed by atoms with Gasteiger partial charge in [-0.15, -0.1) is 0 Å². The highest BCUT2D eigenvalue weighted by Gasteiger charge is 2.21. The molecule has 0 saturated carbocycles. The van der Waals surface area contributed by atoms with Crippen LogP contribution in [0.2, 0.25) is 0 Å². The zero-order valence-electron chi connectivity index (χ0n) is 37.8. The van der Waals surface area contributed by atoms with E-state index in [4.69, 9.17) is 12.6 Å². The molecule has 10 aromatic rings. The Morgan fingerprint density at radius 1 is 0.367 bits per heavy atom. The molecule has 1 nitrogen and oxygen atoms in total. The highest BCUT2D eigenvalue weighted by Crippen LogP contribution is 2.48. The summed E-state index contributed by atoms with van der Waals surface area (Å²) in [5, 5.41) is 1.90. The van der Waals surface area contributed by atoms with Crippen LogP contribution in [0.4, 0.5) is 0 Å². The molecule has 0 amide bonds. The van der Waals surface area contributed by atoms with Crippen LogP contribution in [0.15, 0.2) is 186 Å². The Labute approximate surface area is 301 Å². The maximum Gasteiger partial charge on any atom is 0.136 e. The SMILES string of the molecule is [2H]c1c(-c2ccccc2)c([2H])c(-c2c3ccccc3c(-c3c([2H])c([2H])c([2H])c4oc5c([2H])c6c([2H])c([2H])c([2H])c([2H])c6c([2H])c5c34)c3ccccc23)c([2H])c1-c1ccccc1. The molecular formula is C48H30O. The van der Waals surface area contributed by atoms with E-state index in [0.717, 1.165) is 0 Å². The lowest BCUT2D eigenvalue weighted by molar-refractivity contribution is 0.669. The molecule has 0 aliphatic carbocycles. The first-order valence-electron chi connectivity index (χ1n) is 21.9. The number of hydrogen-bond acceptors (Lipinski definition) is 1. The molecule has 0 radical (unpaired) electrons. The van der Waals surface area contributed by atoms with Gasteiger partial charge in [0.2, 0.25) is 0 Å². The molecule has 0 unspecified atom stereocenters. The molecular weight excluding hydrogens is 593 g/mol. The minimum absolute atomic E-state index is 0.0152. The fraction of sp³-hybridized carbons (Fsp3) is 0. The predicted octanol–water partition coefficient (Wildman–Crippen LogP) is 13.7. The summed E-state index contributed by atoms with van der Waals surface area (Å²) >= 11 is 0. The second kappa shape index (κ2) is 11.1. The summed E-state index contributed by atoms with van der Waals surface area (Å²) in [7, 11) is 0. The molecule has 0 N–H and O–H groups in total. The molecule has 9 aromatic carbocycles. The first kappa shape index (κ1) is 18.2. The van der Waals surface area contributed by atoms with Crippen molar-refractivity contribution < 1.29 is 20.9 Å². The van der Waals surface area contributed by atoms with Gasteiger partial charge in [-0.1, -0.05) is 145 Å². The lowest BCUT2D eigenvalue weighted by Gasteiger charge is -2.19. The van der Waals surface area contributed by atoms with Gasteiger partial charge in [0, 0.05) is 10.8 Å². The Morgan fingerprint density at radius 2 is 0.878 bits per heavy atom. The summed E-state index contributed by atoms with van der Waals surface area (Å²) < 4.78 is 116. The van der Waals surface area contributed by atoms with Crippen LogP contribution in [0.1, 0.15) is 16.4 Å². The molecule has 0 atom stereocenters. The van der Waals surface area contributed by atoms with Gasteiger partial charge in [0.1, 0.15) is 11.2 Å². The molecule has 49 heavy (non-hydrogen) atoms. The van der Waals surface area contributed by atoms with Gasteiger partial charge in [0.05, 0.1) is 16.4 Å². The summed E-state index contributed by atoms with van der Waals surface area (Å²) in [4.78, 5) is 0. The number of rotatable bonds is 4. The van der Waals surface area contributed by atoms with Crippen LogP contribution in [0.3, 0.4) is 0 Å². The number of benzene rings is 9. The lowest BCUT2D eigenvalue weighted by Crippen LogP contribution is -1.92. The normalized spacial score (nSPS) is 15.1. The first-order valence-corrected chi connectivity index (χ1v) is 15.9. The topological polar surface area (TPSA) is 13.1 Å². The Morgan fingerprint density at radius 3 is 1.47 bits per heavy atom. The Hall–Kier alpha value is -6.44. The molecule has 0 saturated heterocycles. The van der Waals surface area contributed by atoms with Crippen molar-refractivity contribution in [1.82, 2.24) is 0 Å². The van der Waals surface area contributed by atoms with E-state index < -0.39 is 42.3 Å². The molecule has 0 aliphatic heterocycles. The fourth-order valence-electron chi connectivity index (χ4n) is 6.86. The van der Waals surface area contributed by atoms with Crippen LogP contribution in [0, 0.1) is 0 Å². The Balaban J connectivity index is 1.41. The standard InChI is InChI=1S/C48H30O/c1-3-14-31(15-4-1)35-26-36(32-16-5-2-6-17-32)28-37(27-35)46-38-20-9-11-22-40(38)47(41-23-12-10-21-39(41)46)42-24-13-25-44-48(42)43-29-33-18-7-8-19-34(33)30-45(43)49-44/h1-30H/i7D,8D,13D,18D,19D,24D,25D,26D,27D,28D,29D,30D. The van der Waals surface area contributed by atoms with Crippen molar-refractivity contribution in [3.05, 3.63) is 182 Å². The van der Waals surface area contributed by atoms with E-state index >= 15 is 0 Å². The largest absolute Gasteiger partial charge is 0.456 e. The van der Waals surface area contributed by atoms with E-state index in [0.29, 0.717) is 54.9 Å². The monoisotopic (exact) mass is 634 g/mol. The fourth-order valence-corrected chi connectivity index (χ4v) is 6.86. The van der Waals surface area contributed by atoms with Crippen LogP contribution in [-0.2, 0) is 0 Å². The van der Waals surface area contributed by atoms with E-state index in [1.165, 1.54) is 0 Å². The number of hydrogen-bond donors (Lipinski definition) is 0. The molecule has 0 spiro atoms. The molecule has 1 aromatic heterocycles. The second-order valence-electron chi connectivity index (χ2n) is 11.8. The van der Waals surface area contributed by atoms with Crippen LogP contribution >= 0.6 is 0 Å². The smallest absolute Gasteiger partial charge is 0.136 e. The summed E-state index contributed by atoms with van der Waals surface area (Å²) in [6.45, 7) is 0. The van der Waals surface area contributed by atoms with Crippen LogP contribution in [-0.4, -0.2) is 0 Å². The summed E-state index contributed by atoms with van der Waals surface area (Å²) in [5.41, 5.74) is 2.99.